The van der Waals surface area contributed by atoms with Gasteiger partial charge in [0.15, 0.2) is 0 Å². The van der Waals surface area contributed by atoms with Gasteiger partial charge in [0, 0.05) is 25.8 Å². The average Bonchev–Trinajstić information content (AvgIpc) is 2.39. The SMILES string of the molecule is CC1CCC(C(N)=O)CN1C(=O)C1(N)CCOCC1. The van der Waals surface area contributed by atoms with Crippen molar-refractivity contribution in [1.82, 2.24) is 4.90 Å². The topological polar surface area (TPSA) is 98.7 Å². The number of amides is 2. The fourth-order valence-electron chi connectivity index (χ4n) is 2.86. The lowest BCUT2D eigenvalue weighted by Crippen LogP contribution is -2.61. The first-order valence-corrected chi connectivity index (χ1v) is 6.91. The van der Waals surface area contributed by atoms with Crippen LogP contribution in [0.3, 0.4) is 0 Å². The van der Waals surface area contributed by atoms with Crippen molar-refractivity contribution in [2.45, 2.75) is 44.2 Å². The lowest BCUT2D eigenvalue weighted by molar-refractivity contribution is -0.146. The van der Waals surface area contributed by atoms with E-state index >= 15 is 0 Å². The number of piperidine rings is 1. The Morgan fingerprint density at radius 2 is 1.89 bits per heavy atom. The van der Waals surface area contributed by atoms with E-state index in [0.29, 0.717) is 32.6 Å². The molecule has 0 spiro atoms. The zero-order valence-electron chi connectivity index (χ0n) is 11.4. The first kappa shape index (κ1) is 14.3. The summed E-state index contributed by atoms with van der Waals surface area (Å²) in [6, 6.07) is 0.117. The second kappa shape index (κ2) is 5.46. The van der Waals surface area contributed by atoms with Gasteiger partial charge in [0.05, 0.1) is 11.5 Å². The Morgan fingerprint density at radius 3 is 2.47 bits per heavy atom. The molecule has 0 aromatic heterocycles. The van der Waals surface area contributed by atoms with Gasteiger partial charge in [-0.2, -0.15) is 0 Å². The molecule has 108 valence electrons. The highest BCUT2D eigenvalue weighted by atomic mass is 16.5. The molecule has 2 heterocycles. The van der Waals surface area contributed by atoms with Crippen molar-refractivity contribution in [3.05, 3.63) is 0 Å². The Kier molecular flexibility index (Phi) is 4.10. The highest BCUT2D eigenvalue weighted by Gasteiger charge is 2.42. The standard InChI is InChI=1S/C13H23N3O3/c1-9-2-3-10(11(14)17)8-16(9)12(18)13(15)4-6-19-7-5-13/h9-10H,2-8,15H2,1H3,(H2,14,17). The second-order valence-corrected chi connectivity index (χ2v) is 5.75. The van der Waals surface area contributed by atoms with Crippen LogP contribution in [0.4, 0.5) is 0 Å². The minimum absolute atomic E-state index is 0.0609. The van der Waals surface area contributed by atoms with E-state index in [0.717, 1.165) is 12.8 Å². The molecular formula is C13H23N3O3. The van der Waals surface area contributed by atoms with E-state index in [1.165, 1.54) is 0 Å². The minimum atomic E-state index is -0.841. The van der Waals surface area contributed by atoms with Crippen LogP contribution in [0.1, 0.15) is 32.6 Å². The van der Waals surface area contributed by atoms with E-state index in [1.54, 1.807) is 4.90 Å². The Balaban J connectivity index is 2.09. The third-order valence-corrected chi connectivity index (χ3v) is 4.36. The molecule has 2 amide bonds. The van der Waals surface area contributed by atoms with Crippen molar-refractivity contribution >= 4 is 11.8 Å². The molecule has 0 radical (unpaired) electrons. The van der Waals surface area contributed by atoms with Gasteiger partial charge in [-0.3, -0.25) is 9.59 Å². The van der Waals surface area contributed by atoms with Crippen molar-refractivity contribution < 1.29 is 14.3 Å². The first-order valence-electron chi connectivity index (χ1n) is 6.91. The van der Waals surface area contributed by atoms with Gasteiger partial charge in [0.2, 0.25) is 11.8 Å². The number of likely N-dealkylation sites (tertiary alicyclic amines) is 1. The van der Waals surface area contributed by atoms with Crippen molar-refractivity contribution in [3.8, 4) is 0 Å². The molecular weight excluding hydrogens is 246 g/mol. The third kappa shape index (κ3) is 2.90. The number of primary amides is 1. The van der Waals surface area contributed by atoms with E-state index in [1.807, 2.05) is 6.92 Å². The van der Waals surface area contributed by atoms with Crippen molar-refractivity contribution in [2.24, 2.45) is 17.4 Å². The summed E-state index contributed by atoms with van der Waals surface area (Å²) in [6.07, 6.45) is 2.62. The van der Waals surface area contributed by atoms with Gasteiger partial charge in [0.25, 0.3) is 0 Å². The van der Waals surface area contributed by atoms with Crippen molar-refractivity contribution in [3.63, 3.8) is 0 Å². The highest BCUT2D eigenvalue weighted by molar-refractivity contribution is 5.87. The Morgan fingerprint density at radius 1 is 1.26 bits per heavy atom. The molecule has 6 heteroatoms. The maximum atomic E-state index is 12.6. The van der Waals surface area contributed by atoms with Gasteiger partial charge in [-0.1, -0.05) is 0 Å². The molecule has 2 unspecified atom stereocenters. The van der Waals surface area contributed by atoms with Crippen LogP contribution in [0.2, 0.25) is 0 Å². The summed E-state index contributed by atoms with van der Waals surface area (Å²) in [5.74, 6) is -0.638. The van der Waals surface area contributed by atoms with Gasteiger partial charge >= 0.3 is 0 Å². The summed E-state index contributed by atoms with van der Waals surface area (Å²) in [5.41, 5.74) is 10.7. The van der Waals surface area contributed by atoms with E-state index in [4.69, 9.17) is 16.2 Å². The molecule has 2 atom stereocenters. The lowest BCUT2D eigenvalue weighted by atomic mass is 9.86. The molecule has 2 aliphatic rings. The Bertz CT molecular complexity index is 366. The summed E-state index contributed by atoms with van der Waals surface area (Å²) >= 11 is 0. The van der Waals surface area contributed by atoms with Crippen LogP contribution in [0, 0.1) is 5.92 Å². The predicted molar refractivity (Wildman–Crippen MR) is 70.1 cm³/mol. The van der Waals surface area contributed by atoms with Crippen molar-refractivity contribution in [1.29, 1.82) is 0 Å². The fourth-order valence-corrected chi connectivity index (χ4v) is 2.86. The smallest absolute Gasteiger partial charge is 0.243 e. The third-order valence-electron chi connectivity index (χ3n) is 4.36. The van der Waals surface area contributed by atoms with E-state index in [9.17, 15) is 9.59 Å². The summed E-state index contributed by atoms with van der Waals surface area (Å²) in [5, 5.41) is 0. The van der Waals surface area contributed by atoms with Gasteiger partial charge in [-0.15, -0.1) is 0 Å². The molecule has 2 saturated heterocycles. The number of carbonyl (C=O) groups excluding carboxylic acids is 2. The molecule has 0 saturated carbocycles. The Labute approximate surface area is 113 Å². The number of hydrogen-bond donors (Lipinski definition) is 2. The van der Waals surface area contributed by atoms with Gasteiger partial charge < -0.3 is 21.1 Å². The molecule has 0 aromatic rings. The van der Waals surface area contributed by atoms with Crippen LogP contribution >= 0.6 is 0 Å². The molecule has 4 N–H and O–H groups in total. The van der Waals surface area contributed by atoms with Crippen LogP contribution < -0.4 is 11.5 Å². The normalized spacial score (nSPS) is 30.9. The van der Waals surface area contributed by atoms with E-state index in [-0.39, 0.29) is 23.8 Å². The van der Waals surface area contributed by atoms with Gasteiger partial charge in [-0.05, 0) is 32.6 Å². The largest absolute Gasteiger partial charge is 0.381 e. The number of rotatable bonds is 2. The van der Waals surface area contributed by atoms with Gasteiger partial charge in [-0.25, -0.2) is 0 Å². The first-order chi connectivity index (χ1) is 8.94. The minimum Gasteiger partial charge on any atom is -0.381 e. The predicted octanol–water partition coefficient (Wildman–Crippen LogP) is -0.393. The molecule has 6 nitrogen and oxygen atoms in total. The summed E-state index contributed by atoms with van der Waals surface area (Å²) in [4.78, 5) is 25.7. The average molecular weight is 269 g/mol. The number of ether oxygens (including phenoxy) is 1. The molecule has 2 fully saturated rings. The maximum absolute atomic E-state index is 12.6. The van der Waals surface area contributed by atoms with Crippen LogP contribution in [-0.2, 0) is 14.3 Å². The monoisotopic (exact) mass is 269 g/mol. The highest BCUT2D eigenvalue weighted by Crippen LogP contribution is 2.27. The molecule has 0 aliphatic carbocycles. The summed E-state index contributed by atoms with van der Waals surface area (Å²) < 4.78 is 5.26. The zero-order chi connectivity index (χ0) is 14.0. The van der Waals surface area contributed by atoms with Crippen LogP contribution in [0.5, 0.6) is 0 Å². The quantitative estimate of drug-likeness (QED) is 0.713. The molecule has 19 heavy (non-hydrogen) atoms. The van der Waals surface area contributed by atoms with Crippen LogP contribution in [-0.4, -0.2) is 48.1 Å². The van der Waals surface area contributed by atoms with Crippen LogP contribution in [0.25, 0.3) is 0 Å². The molecule has 0 aromatic carbocycles. The maximum Gasteiger partial charge on any atom is 0.243 e. The fraction of sp³-hybridized carbons (Fsp3) is 0.846. The number of nitrogens with two attached hydrogens (primary N) is 2. The summed E-state index contributed by atoms with van der Waals surface area (Å²) in [7, 11) is 0. The second-order valence-electron chi connectivity index (χ2n) is 5.75. The van der Waals surface area contributed by atoms with Crippen LogP contribution in [0.15, 0.2) is 0 Å². The molecule has 2 aliphatic heterocycles. The van der Waals surface area contributed by atoms with Gasteiger partial charge in [0.1, 0.15) is 0 Å². The summed E-state index contributed by atoms with van der Waals surface area (Å²) in [6.45, 7) is 3.43. The number of hydrogen-bond acceptors (Lipinski definition) is 4. The Hall–Kier alpha value is -1.14. The lowest BCUT2D eigenvalue weighted by Gasteiger charge is -2.43. The zero-order valence-corrected chi connectivity index (χ0v) is 11.4. The van der Waals surface area contributed by atoms with E-state index in [2.05, 4.69) is 0 Å². The van der Waals surface area contributed by atoms with Crippen molar-refractivity contribution in [2.75, 3.05) is 19.8 Å². The number of nitrogens with zero attached hydrogens (tertiary/aromatic N) is 1. The molecule has 0 bridgehead atoms. The van der Waals surface area contributed by atoms with E-state index < -0.39 is 5.54 Å². The number of carbonyl (C=O) groups is 2. The molecule has 2 rings (SSSR count).